The number of ether oxygens (including phenoxy) is 2. The molecule has 35 heavy (non-hydrogen) atoms. The van der Waals surface area contributed by atoms with Crippen LogP contribution >= 0.6 is 0 Å². The predicted octanol–water partition coefficient (Wildman–Crippen LogP) is 2.21. The Bertz CT molecular complexity index is 1100. The van der Waals surface area contributed by atoms with Crippen LogP contribution in [0.5, 0.6) is 0 Å². The summed E-state index contributed by atoms with van der Waals surface area (Å²) in [5, 5.41) is 15.6. The maximum atomic E-state index is 12.7. The van der Waals surface area contributed by atoms with Crippen LogP contribution < -0.4 is 15.5 Å². The number of benzene rings is 2. The maximum absolute atomic E-state index is 12.7. The molecule has 0 aliphatic carbocycles. The number of methoxy groups -OCH3 is 1. The first-order chi connectivity index (χ1) is 17.0. The molecule has 0 radical (unpaired) electrons. The van der Waals surface area contributed by atoms with Gasteiger partial charge in [-0.3, -0.25) is 9.59 Å². The van der Waals surface area contributed by atoms with Crippen LogP contribution in [-0.4, -0.2) is 63.9 Å². The molecule has 3 unspecified atom stereocenters. The Morgan fingerprint density at radius 2 is 2.03 bits per heavy atom. The largest absolute Gasteiger partial charge is 0.379 e. The third-order valence-corrected chi connectivity index (χ3v) is 6.70. The van der Waals surface area contributed by atoms with Crippen molar-refractivity contribution < 1.29 is 19.1 Å². The van der Waals surface area contributed by atoms with Crippen molar-refractivity contribution in [1.82, 2.24) is 10.6 Å². The number of nitriles is 1. The quantitative estimate of drug-likeness (QED) is 0.663. The van der Waals surface area contributed by atoms with Crippen LogP contribution in [0.15, 0.2) is 42.5 Å². The minimum atomic E-state index is -0.662. The van der Waals surface area contributed by atoms with E-state index in [2.05, 4.69) is 22.8 Å². The molecule has 0 bridgehead atoms. The molecule has 0 aromatic heterocycles. The Morgan fingerprint density at radius 1 is 1.26 bits per heavy atom. The molecule has 2 aromatic carbocycles. The third kappa shape index (κ3) is 6.06. The van der Waals surface area contributed by atoms with E-state index in [0.29, 0.717) is 26.0 Å². The number of aryl methyl sites for hydroxylation is 1. The van der Waals surface area contributed by atoms with E-state index in [1.165, 1.54) is 5.56 Å². The molecule has 4 rings (SSSR count). The van der Waals surface area contributed by atoms with Crippen molar-refractivity contribution in [2.75, 3.05) is 38.8 Å². The molecule has 8 nitrogen and oxygen atoms in total. The van der Waals surface area contributed by atoms with Crippen molar-refractivity contribution in [3.8, 4) is 17.2 Å². The van der Waals surface area contributed by atoms with Gasteiger partial charge in [-0.1, -0.05) is 30.3 Å². The summed E-state index contributed by atoms with van der Waals surface area (Å²) in [5.41, 5.74) is 5.25. The van der Waals surface area contributed by atoms with E-state index in [1.807, 2.05) is 43.4 Å². The minimum Gasteiger partial charge on any atom is -0.379 e. The zero-order chi connectivity index (χ0) is 24.8. The highest BCUT2D eigenvalue weighted by Crippen LogP contribution is 2.31. The van der Waals surface area contributed by atoms with Gasteiger partial charge in [0.25, 0.3) is 5.91 Å². The summed E-state index contributed by atoms with van der Waals surface area (Å²) in [6, 6.07) is 15.7. The normalized spacial score (nSPS) is 21.3. The number of hydrogen-bond donors (Lipinski definition) is 2. The van der Waals surface area contributed by atoms with Crippen molar-refractivity contribution in [3.63, 3.8) is 0 Å². The van der Waals surface area contributed by atoms with Gasteiger partial charge >= 0.3 is 0 Å². The highest BCUT2D eigenvalue weighted by atomic mass is 16.5. The first kappa shape index (κ1) is 24.9. The van der Waals surface area contributed by atoms with Crippen molar-refractivity contribution in [2.24, 2.45) is 0 Å². The summed E-state index contributed by atoms with van der Waals surface area (Å²) in [6.07, 6.45) is 1.79. The van der Waals surface area contributed by atoms with E-state index in [1.54, 1.807) is 12.0 Å². The average molecular weight is 477 g/mol. The van der Waals surface area contributed by atoms with Gasteiger partial charge < -0.3 is 25.0 Å². The van der Waals surface area contributed by atoms with Crippen LogP contribution in [0.25, 0.3) is 11.1 Å². The lowest BCUT2D eigenvalue weighted by Crippen LogP contribution is -2.49. The first-order valence-corrected chi connectivity index (χ1v) is 12.0. The van der Waals surface area contributed by atoms with Gasteiger partial charge in [-0.15, -0.1) is 0 Å². The lowest BCUT2D eigenvalue weighted by Gasteiger charge is -2.26. The molecule has 0 saturated carbocycles. The van der Waals surface area contributed by atoms with Gasteiger partial charge in [-0.25, -0.2) is 0 Å². The summed E-state index contributed by atoms with van der Waals surface area (Å²) >= 11 is 0. The molecule has 2 heterocycles. The highest BCUT2D eigenvalue weighted by Gasteiger charge is 2.25. The number of carbonyl (C=O) groups excluding carboxylic acids is 2. The molecule has 2 aliphatic rings. The van der Waals surface area contributed by atoms with Gasteiger partial charge in [0, 0.05) is 39.2 Å². The van der Waals surface area contributed by atoms with E-state index in [0.717, 1.165) is 41.8 Å². The molecule has 2 amide bonds. The lowest BCUT2D eigenvalue weighted by atomic mass is 9.95. The number of carbonyl (C=O) groups is 2. The van der Waals surface area contributed by atoms with E-state index < -0.39 is 12.1 Å². The summed E-state index contributed by atoms with van der Waals surface area (Å²) < 4.78 is 11.1. The molecular formula is C27H32N4O4. The summed E-state index contributed by atoms with van der Waals surface area (Å²) in [6.45, 7) is 1.50. The fraction of sp³-hybridized carbons (Fsp3) is 0.444. The fourth-order valence-electron chi connectivity index (χ4n) is 4.51. The number of anilines is 1. The van der Waals surface area contributed by atoms with Crippen LogP contribution in [0.3, 0.4) is 0 Å². The molecule has 2 N–H and O–H groups in total. The molecule has 1 saturated heterocycles. The number of hydrogen-bond acceptors (Lipinski definition) is 6. The minimum absolute atomic E-state index is 0.0538. The topological polar surface area (TPSA) is 104 Å². The molecule has 3 atom stereocenters. The number of fused-ring (bicyclic) bond motifs is 1. The molecule has 184 valence electrons. The van der Waals surface area contributed by atoms with Crippen molar-refractivity contribution in [2.45, 2.75) is 43.9 Å². The smallest absolute Gasteiger partial charge is 0.251 e. The maximum Gasteiger partial charge on any atom is 0.251 e. The Morgan fingerprint density at radius 3 is 2.77 bits per heavy atom. The Balaban J connectivity index is 1.37. The second-order valence-electron chi connectivity index (χ2n) is 9.06. The van der Waals surface area contributed by atoms with Gasteiger partial charge in [0.15, 0.2) is 0 Å². The number of amides is 2. The molecule has 2 aliphatic heterocycles. The van der Waals surface area contributed by atoms with Gasteiger partial charge in [0.1, 0.15) is 12.1 Å². The predicted molar refractivity (Wildman–Crippen MR) is 133 cm³/mol. The van der Waals surface area contributed by atoms with Crippen LogP contribution in [0.4, 0.5) is 5.69 Å². The van der Waals surface area contributed by atoms with Gasteiger partial charge in [-0.2, -0.15) is 5.26 Å². The zero-order valence-electron chi connectivity index (χ0n) is 20.3. The third-order valence-electron chi connectivity index (χ3n) is 6.70. The standard InChI is InChI=1S/C27H32N4O4/c1-31-24-9-7-20(14-21(24)8-10-26(31)32)19-5-3-18(4-6-19)13-22(15-28)30-27(33)25-16-29-12-11-23(34-2)17-35-25/h3-7,9,14,22-23,25,29H,8,10-13,16-17H2,1-2H3,(H,30,33). The van der Waals surface area contributed by atoms with Gasteiger partial charge in [-0.05, 0) is 53.8 Å². The van der Waals surface area contributed by atoms with Crippen molar-refractivity contribution >= 4 is 17.5 Å². The van der Waals surface area contributed by atoms with Crippen LogP contribution in [0.1, 0.15) is 24.0 Å². The van der Waals surface area contributed by atoms with Crippen molar-refractivity contribution in [1.29, 1.82) is 5.26 Å². The Labute approximate surface area is 206 Å². The van der Waals surface area contributed by atoms with E-state index in [-0.39, 0.29) is 17.9 Å². The zero-order valence-corrected chi connectivity index (χ0v) is 20.3. The van der Waals surface area contributed by atoms with E-state index in [4.69, 9.17) is 9.47 Å². The van der Waals surface area contributed by atoms with E-state index >= 15 is 0 Å². The second kappa shape index (κ2) is 11.5. The first-order valence-electron chi connectivity index (χ1n) is 12.0. The van der Waals surface area contributed by atoms with Crippen LogP contribution in [0, 0.1) is 11.3 Å². The molecule has 2 aromatic rings. The Kier molecular flexibility index (Phi) is 8.13. The molecule has 8 heteroatoms. The number of nitrogens with one attached hydrogen (secondary N) is 2. The number of rotatable bonds is 6. The lowest BCUT2D eigenvalue weighted by molar-refractivity contribution is -0.136. The van der Waals surface area contributed by atoms with Crippen LogP contribution in [0.2, 0.25) is 0 Å². The van der Waals surface area contributed by atoms with Crippen LogP contribution in [-0.2, 0) is 31.9 Å². The number of nitrogens with zero attached hydrogens (tertiary/aromatic N) is 2. The highest BCUT2D eigenvalue weighted by molar-refractivity contribution is 5.96. The van der Waals surface area contributed by atoms with E-state index in [9.17, 15) is 14.9 Å². The summed E-state index contributed by atoms with van der Waals surface area (Å²) in [5.74, 6) is -0.153. The SMILES string of the molecule is COC1CCNCC(C(=O)NC(C#N)Cc2ccc(-c3ccc4c(c3)CCC(=O)N4C)cc2)OC1. The molecular weight excluding hydrogens is 444 g/mol. The monoisotopic (exact) mass is 476 g/mol. The summed E-state index contributed by atoms with van der Waals surface area (Å²) in [7, 11) is 3.45. The summed E-state index contributed by atoms with van der Waals surface area (Å²) in [4.78, 5) is 26.4. The van der Waals surface area contributed by atoms with Gasteiger partial charge in [0.2, 0.25) is 5.91 Å². The Hall–Kier alpha value is -3.25. The average Bonchev–Trinajstić information content (AvgIpc) is 2.86. The second-order valence-corrected chi connectivity index (χ2v) is 9.06. The molecule has 0 spiro atoms. The fourth-order valence-corrected chi connectivity index (χ4v) is 4.51. The van der Waals surface area contributed by atoms with Crippen molar-refractivity contribution in [3.05, 3.63) is 53.6 Å². The molecule has 1 fully saturated rings. The van der Waals surface area contributed by atoms with Gasteiger partial charge in [0.05, 0.1) is 18.8 Å².